The summed E-state index contributed by atoms with van der Waals surface area (Å²) in [6.07, 6.45) is 0. The first-order chi connectivity index (χ1) is 13.9. The van der Waals surface area contributed by atoms with Crippen LogP contribution >= 0.6 is 0 Å². The van der Waals surface area contributed by atoms with Gasteiger partial charge in [-0.1, -0.05) is 18.2 Å². The van der Waals surface area contributed by atoms with Crippen molar-refractivity contribution in [3.63, 3.8) is 0 Å². The molecule has 0 saturated carbocycles. The van der Waals surface area contributed by atoms with E-state index in [-0.39, 0.29) is 18.9 Å². The molecule has 0 saturated heterocycles. The van der Waals surface area contributed by atoms with Crippen molar-refractivity contribution < 1.29 is 24.0 Å². The van der Waals surface area contributed by atoms with E-state index in [1.165, 1.54) is 0 Å². The minimum atomic E-state index is -0.634. The van der Waals surface area contributed by atoms with E-state index in [4.69, 9.17) is 14.9 Å². The fraction of sp³-hybridized carbons (Fsp3) is 0.238. The van der Waals surface area contributed by atoms with Gasteiger partial charge in [0.1, 0.15) is 17.9 Å². The normalized spacial score (nSPS) is 11.0. The topological polar surface area (TPSA) is 109 Å². The third kappa shape index (κ3) is 4.74. The zero-order chi connectivity index (χ0) is 21.0. The summed E-state index contributed by atoms with van der Waals surface area (Å²) in [5.41, 5.74) is 6.87. The highest BCUT2D eigenvalue weighted by Crippen LogP contribution is 2.27. The van der Waals surface area contributed by atoms with Crippen LogP contribution < -0.4 is 10.5 Å². The van der Waals surface area contributed by atoms with Crippen molar-refractivity contribution in [1.82, 2.24) is 9.96 Å². The molecule has 0 fully saturated rings. The second-order valence-corrected chi connectivity index (χ2v) is 6.81. The van der Waals surface area contributed by atoms with E-state index < -0.39 is 11.8 Å². The van der Waals surface area contributed by atoms with Crippen LogP contribution in [0.5, 0.6) is 5.75 Å². The number of benzene rings is 2. The molecule has 1 heterocycles. The van der Waals surface area contributed by atoms with E-state index in [9.17, 15) is 14.8 Å². The quantitative estimate of drug-likeness (QED) is 0.446. The van der Waals surface area contributed by atoms with Crippen molar-refractivity contribution >= 4 is 22.8 Å². The number of fused-ring (bicyclic) bond motifs is 1. The Hall–Kier alpha value is -3.36. The molecule has 2 amide bonds. The molecule has 0 atom stereocenters. The molecular formula is C21H23N3O5. The Morgan fingerprint density at radius 2 is 1.79 bits per heavy atom. The fourth-order valence-electron chi connectivity index (χ4n) is 2.93. The monoisotopic (exact) mass is 397 g/mol. The van der Waals surface area contributed by atoms with Gasteiger partial charge in [0.05, 0.1) is 6.54 Å². The summed E-state index contributed by atoms with van der Waals surface area (Å²) < 4.78 is 11.2. The molecule has 1 aromatic heterocycles. The molecule has 0 aliphatic carbocycles. The van der Waals surface area contributed by atoms with Crippen LogP contribution in [0.4, 0.5) is 0 Å². The molecule has 8 heteroatoms. The number of rotatable bonds is 8. The van der Waals surface area contributed by atoms with Gasteiger partial charge in [-0.2, -0.15) is 0 Å². The van der Waals surface area contributed by atoms with Crippen LogP contribution in [0.15, 0.2) is 52.9 Å². The van der Waals surface area contributed by atoms with Gasteiger partial charge in [0, 0.05) is 23.1 Å². The zero-order valence-corrected chi connectivity index (χ0v) is 16.3. The maximum Gasteiger partial charge on any atom is 0.313 e. The molecular weight excluding hydrogens is 374 g/mol. The van der Waals surface area contributed by atoms with Crippen molar-refractivity contribution in [3.05, 3.63) is 65.4 Å². The summed E-state index contributed by atoms with van der Waals surface area (Å²) in [7, 11) is 3.79. The molecule has 3 N–H and O–H groups in total. The van der Waals surface area contributed by atoms with Crippen molar-refractivity contribution in [2.45, 2.75) is 6.54 Å². The molecule has 152 valence electrons. The van der Waals surface area contributed by atoms with Crippen LogP contribution in [0, 0.1) is 0 Å². The number of amides is 2. The standard InChI is InChI=1S/C21H23N3O5/c1-23(2)13-17-16-5-3-4-6-18(16)29-19(17)21(26)24(27)11-12-28-15-9-7-14(8-10-15)20(22)25/h3-10,27H,11-13H2,1-2H3,(H2,22,25). The molecule has 0 unspecified atom stereocenters. The number of nitrogens with two attached hydrogens (primary N) is 1. The van der Waals surface area contributed by atoms with Gasteiger partial charge < -0.3 is 19.8 Å². The summed E-state index contributed by atoms with van der Waals surface area (Å²) in [6, 6.07) is 13.6. The molecule has 0 radical (unpaired) electrons. The summed E-state index contributed by atoms with van der Waals surface area (Å²) in [5, 5.41) is 11.6. The maximum atomic E-state index is 12.7. The van der Waals surface area contributed by atoms with Gasteiger partial charge >= 0.3 is 5.91 Å². The number of hydrogen-bond acceptors (Lipinski definition) is 6. The third-order valence-corrected chi connectivity index (χ3v) is 4.31. The van der Waals surface area contributed by atoms with Crippen LogP contribution in [0.2, 0.25) is 0 Å². The molecule has 8 nitrogen and oxygen atoms in total. The number of hydroxylamine groups is 2. The van der Waals surface area contributed by atoms with E-state index in [0.29, 0.717) is 28.5 Å². The molecule has 3 aromatic rings. The smallest absolute Gasteiger partial charge is 0.313 e. The number of ether oxygens (including phenoxy) is 1. The Balaban J connectivity index is 1.67. The van der Waals surface area contributed by atoms with E-state index >= 15 is 0 Å². The number of carbonyl (C=O) groups excluding carboxylic acids is 2. The lowest BCUT2D eigenvalue weighted by Gasteiger charge is -2.16. The highest BCUT2D eigenvalue weighted by molar-refractivity contribution is 5.98. The SMILES string of the molecule is CN(C)Cc1c(C(=O)N(O)CCOc2ccc(C(N)=O)cc2)oc2ccccc12. The average molecular weight is 397 g/mol. The van der Waals surface area contributed by atoms with Crippen LogP contribution in [0.1, 0.15) is 26.5 Å². The van der Waals surface area contributed by atoms with Gasteiger partial charge in [-0.15, -0.1) is 0 Å². The first-order valence-corrected chi connectivity index (χ1v) is 9.05. The maximum absolute atomic E-state index is 12.7. The number of furan rings is 1. The van der Waals surface area contributed by atoms with Gasteiger partial charge in [0.25, 0.3) is 0 Å². The fourth-order valence-corrected chi connectivity index (χ4v) is 2.93. The molecule has 3 rings (SSSR count). The summed E-state index contributed by atoms with van der Waals surface area (Å²) in [5.74, 6) is -0.560. The molecule has 0 aliphatic rings. The highest BCUT2D eigenvalue weighted by atomic mass is 16.5. The van der Waals surface area contributed by atoms with Crippen LogP contribution in [0.25, 0.3) is 11.0 Å². The van der Waals surface area contributed by atoms with Crippen molar-refractivity contribution in [1.29, 1.82) is 0 Å². The summed E-state index contributed by atoms with van der Waals surface area (Å²) >= 11 is 0. The highest BCUT2D eigenvalue weighted by Gasteiger charge is 2.24. The van der Waals surface area contributed by atoms with Gasteiger partial charge in [-0.25, -0.2) is 5.06 Å². The lowest BCUT2D eigenvalue weighted by molar-refractivity contribution is -0.0655. The van der Waals surface area contributed by atoms with Crippen LogP contribution in [-0.2, 0) is 6.54 Å². The first kappa shape index (κ1) is 20.4. The van der Waals surface area contributed by atoms with Crippen molar-refractivity contribution in [3.8, 4) is 5.75 Å². The van der Waals surface area contributed by atoms with Crippen molar-refractivity contribution in [2.24, 2.45) is 5.73 Å². The number of para-hydroxylation sites is 1. The minimum absolute atomic E-state index is 0.0569. The Morgan fingerprint density at radius 1 is 1.10 bits per heavy atom. The van der Waals surface area contributed by atoms with E-state index in [1.807, 2.05) is 37.2 Å². The van der Waals surface area contributed by atoms with Gasteiger partial charge in [-0.05, 0) is 44.4 Å². The molecule has 0 bridgehead atoms. The van der Waals surface area contributed by atoms with Crippen LogP contribution in [0.3, 0.4) is 0 Å². The van der Waals surface area contributed by atoms with Gasteiger partial charge in [-0.3, -0.25) is 14.8 Å². The predicted octanol–water partition coefficient (Wildman–Crippen LogP) is 2.50. The number of primary amides is 1. The van der Waals surface area contributed by atoms with E-state index in [0.717, 1.165) is 10.9 Å². The first-order valence-electron chi connectivity index (χ1n) is 9.05. The number of carbonyl (C=O) groups is 2. The van der Waals surface area contributed by atoms with E-state index in [1.54, 1.807) is 30.3 Å². The van der Waals surface area contributed by atoms with Gasteiger partial charge in [0.2, 0.25) is 5.91 Å². The molecule has 29 heavy (non-hydrogen) atoms. The minimum Gasteiger partial charge on any atom is -0.492 e. The Labute approximate surface area is 168 Å². The average Bonchev–Trinajstić information content (AvgIpc) is 3.05. The molecule has 0 spiro atoms. The predicted molar refractivity (Wildman–Crippen MR) is 107 cm³/mol. The second kappa shape index (κ2) is 8.76. The number of nitrogens with zero attached hydrogens (tertiary/aromatic N) is 2. The zero-order valence-electron chi connectivity index (χ0n) is 16.3. The lowest BCUT2D eigenvalue weighted by Crippen LogP contribution is -2.32. The second-order valence-electron chi connectivity index (χ2n) is 6.81. The summed E-state index contributed by atoms with van der Waals surface area (Å²) in [6.45, 7) is 0.491. The van der Waals surface area contributed by atoms with Gasteiger partial charge in [0.15, 0.2) is 5.76 Å². The largest absolute Gasteiger partial charge is 0.492 e. The summed E-state index contributed by atoms with van der Waals surface area (Å²) in [4.78, 5) is 25.7. The number of hydrogen-bond donors (Lipinski definition) is 2. The lowest BCUT2D eigenvalue weighted by atomic mass is 10.1. The Kier molecular flexibility index (Phi) is 6.16. The van der Waals surface area contributed by atoms with Crippen molar-refractivity contribution in [2.75, 3.05) is 27.2 Å². The van der Waals surface area contributed by atoms with E-state index in [2.05, 4.69) is 0 Å². The Morgan fingerprint density at radius 3 is 2.45 bits per heavy atom. The van der Waals surface area contributed by atoms with Crippen LogP contribution in [-0.4, -0.2) is 54.2 Å². The molecule has 2 aromatic carbocycles. The Bertz CT molecular complexity index is 1010. The third-order valence-electron chi connectivity index (χ3n) is 4.31. The molecule has 0 aliphatic heterocycles.